The summed E-state index contributed by atoms with van der Waals surface area (Å²) in [5.41, 5.74) is 1.62. The van der Waals surface area contributed by atoms with Gasteiger partial charge >= 0.3 is 0 Å². The van der Waals surface area contributed by atoms with Crippen LogP contribution in [0.2, 0.25) is 5.02 Å². The molecule has 0 aliphatic heterocycles. The predicted octanol–water partition coefficient (Wildman–Crippen LogP) is 3.62. The molecule has 0 saturated carbocycles. The molecular weight excluding hydrogens is 306 g/mol. The van der Waals surface area contributed by atoms with E-state index in [-0.39, 0.29) is 16.7 Å². The van der Waals surface area contributed by atoms with Gasteiger partial charge in [-0.25, -0.2) is 4.98 Å². The maximum atomic E-state index is 12.2. The van der Waals surface area contributed by atoms with Crippen LogP contribution >= 0.6 is 23.4 Å². The molecule has 114 valence electrons. The van der Waals surface area contributed by atoms with E-state index >= 15 is 0 Å². The zero-order chi connectivity index (χ0) is 15.8. The van der Waals surface area contributed by atoms with Gasteiger partial charge in [-0.05, 0) is 45.9 Å². The number of aromatic nitrogens is 2. The van der Waals surface area contributed by atoms with Crippen LogP contribution in [0.3, 0.4) is 0 Å². The summed E-state index contributed by atoms with van der Waals surface area (Å²) in [5.74, 6) is 0.0117. The third-order valence-corrected chi connectivity index (χ3v) is 4.33. The number of thioether (sulfide) groups is 1. The van der Waals surface area contributed by atoms with Gasteiger partial charge in [-0.15, -0.1) is 0 Å². The molecule has 1 atom stereocenters. The molecule has 1 amide bonds. The molecule has 1 heterocycles. The maximum Gasteiger partial charge on any atom is 0.233 e. The second-order valence-electron chi connectivity index (χ2n) is 6.09. The highest BCUT2D eigenvalue weighted by Crippen LogP contribution is 2.28. The molecule has 0 fully saturated rings. The Morgan fingerprint density at radius 1 is 1.43 bits per heavy atom. The van der Waals surface area contributed by atoms with Crippen LogP contribution in [0.4, 0.5) is 0 Å². The number of hydrogen-bond donors (Lipinski definition) is 1. The largest absolute Gasteiger partial charge is 0.351 e. The minimum absolute atomic E-state index is 0.0117. The van der Waals surface area contributed by atoms with Crippen LogP contribution in [0.25, 0.3) is 11.0 Å². The molecule has 1 aromatic carbocycles. The van der Waals surface area contributed by atoms with E-state index in [4.69, 9.17) is 11.6 Å². The van der Waals surface area contributed by atoms with Crippen LogP contribution in [0.15, 0.2) is 23.4 Å². The number of aryl methyl sites for hydroxylation is 1. The van der Waals surface area contributed by atoms with Crippen molar-refractivity contribution in [3.63, 3.8) is 0 Å². The Morgan fingerprint density at radius 3 is 2.71 bits per heavy atom. The van der Waals surface area contributed by atoms with Crippen molar-refractivity contribution < 1.29 is 4.79 Å². The van der Waals surface area contributed by atoms with Gasteiger partial charge < -0.3 is 9.88 Å². The van der Waals surface area contributed by atoms with Crippen LogP contribution in [0.1, 0.15) is 27.7 Å². The standard InChI is InChI=1S/C15H20ClN3OS/c1-9(13(20)18-15(2,3)4)21-14-17-11-8-10(16)6-7-12(11)19(14)5/h6-9H,1-5H3,(H,18,20)/t9-/m1/s1. The van der Waals surface area contributed by atoms with E-state index in [1.165, 1.54) is 11.8 Å². The predicted molar refractivity (Wildman–Crippen MR) is 88.9 cm³/mol. The number of rotatable bonds is 3. The fourth-order valence-electron chi connectivity index (χ4n) is 1.94. The number of nitrogens with zero attached hydrogens (tertiary/aromatic N) is 2. The van der Waals surface area contributed by atoms with Gasteiger partial charge in [-0.1, -0.05) is 23.4 Å². The normalized spacial score (nSPS) is 13.4. The quantitative estimate of drug-likeness (QED) is 0.877. The van der Waals surface area contributed by atoms with Crippen LogP contribution in [0.5, 0.6) is 0 Å². The van der Waals surface area contributed by atoms with Crippen LogP contribution in [-0.4, -0.2) is 26.2 Å². The first-order valence-electron chi connectivity index (χ1n) is 6.78. The number of carbonyl (C=O) groups is 1. The monoisotopic (exact) mass is 325 g/mol. The third kappa shape index (κ3) is 3.92. The van der Waals surface area contributed by atoms with Gasteiger partial charge in [0, 0.05) is 17.6 Å². The summed E-state index contributed by atoms with van der Waals surface area (Å²) >= 11 is 7.44. The molecule has 21 heavy (non-hydrogen) atoms. The molecule has 4 nitrogen and oxygen atoms in total. The van der Waals surface area contributed by atoms with Gasteiger partial charge in [-0.3, -0.25) is 4.79 Å². The molecule has 6 heteroatoms. The number of fused-ring (bicyclic) bond motifs is 1. The summed E-state index contributed by atoms with van der Waals surface area (Å²) < 4.78 is 1.98. The average molecular weight is 326 g/mol. The topological polar surface area (TPSA) is 46.9 Å². The second kappa shape index (κ2) is 5.89. The zero-order valence-electron chi connectivity index (χ0n) is 12.9. The molecule has 0 aliphatic rings. The summed E-state index contributed by atoms with van der Waals surface area (Å²) in [6, 6.07) is 5.62. The molecule has 1 aromatic heterocycles. The number of nitrogens with one attached hydrogen (secondary N) is 1. The molecule has 1 N–H and O–H groups in total. The van der Waals surface area contributed by atoms with E-state index in [0.29, 0.717) is 5.02 Å². The van der Waals surface area contributed by atoms with Crippen molar-refractivity contribution in [3.05, 3.63) is 23.2 Å². The minimum atomic E-state index is -0.230. The van der Waals surface area contributed by atoms with Gasteiger partial charge in [-0.2, -0.15) is 0 Å². The van der Waals surface area contributed by atoms with Crippen LogP contribution in [0, 0.1) is 0 Å². The smallest absolute Gasteiger partial charge is 0.233 e. The fraction of sp³-hybridized carbons (Fsp3) is 0.467. The molecule has 2 aromatic rings. The first-order chi connectivity index (χ1) is 9.67. The summed E-state index contributed by atoms with van der Waals surface area (Å²) in [6.07, 6.45) is 0. The van der Waals surface area contributed by atoms with Crippen molar-refractivity contribution in [1.29, 1.82) is 0 Å². The van der Waals surface area contributed by atoms with Gasteiger partial charge in [0.2, 0.25) is 5.91 Å². The highest BCUT2D eigenvalue weighted by molar-refractivity contribution is 8.00. The summed E-state index contributed by atoms with van der Waals surface area (Å²) in [4.78, 5) is 16.7. The Kier molecular flexibility index (Phi) is 4.54. The number of imidazole rings is 1. The lowest BCUT2D eigenvalue weighted by Crippen LogP contribution is -2.44. The maximum absolute atomic E-state index is 12.2. The number of hydrogen-bond acceptors (Lipinski definition) is 3. The number of amides is 1. The SMILES string of the molecule is C[C@@H](Sc1nc2cc(Cl)ccc2n1C)C(=O)NC(C)(C)C. The van der Waals surface area contributed by atoms with Crippen molar-refractivity contribution >= 4 is 40.3 Å². The van der Waals surface area contributed by atoms with Gasteiger partial charge in [0.05, 0.1) is 16.3 Å². The van der Waals surface area contributed by atoms with Gasteiger partial charge in [0.25, 0.3) is 0 Å². The molecule has 0 bridgehead atoms. The van der Waals surface area contributed by atoms with E-state index in [0.717, 1.165) is 16.2 Å². The third-order valence-electron chi connectivity index (χ3n) is 2.95. The van der Waals surface area contributed by atoms with E-state index in [1.807, 2.05) is 57.5 Å². The Morgan fingerprint density at radius 2 is 2.10 bits per heavy atom. The summed E-state index contributed by atoms with van der Waals surface area (Å²) in [7, 11) is 1.94. The minimum Gasteiger partial charge on any atom is -0.351 e. The first kappa shape index (κ1) is 16.2. The van der Waals surface area contributed by atoms with E-state index in [9.17, 15) is 4.79 Å². The highest BCUT2D eigenvalue weighted by atomic mass is 35.5. The van der Waals surface area contributed by atoms with Crippen molar-refractivity contribution in [1.82, 2.24) is 14.9 Å². The van der Waals surface area contributed by atoms with E-state index in [2.05, 4.69) is 10.3 Å². The van der Waals surface area contributed by atoms with Crippen molar-refractivity contribution in [3.8, 4) is 0 Å². The van der Waals surface area contributed by atoms with Gasteiger partial charge in [0.15, 0.2) is 5.16 Å². The highest BCUT2D eigenvalue weighted by Gasteiger charge is 2.22. The molecule has 0 aliphatic carbocycles. The average Bonchev–Trinajstić information content (AvgIpc) is 2.63. The van der Waals surface area contributed by atoms with Crippen LogP contribution < -0.4 is 5.32 Å². The molecule has 0 saturated heterocycles. The molecular formula is C15H20ClN3OS. The number of benzene rings is 1. The lowest BCUT2D eigenvalue weighted by Gasteiger charge is -2.22. The molecule has 2 rings (SSSR count). The Bertz CT molecular complexity index is 675. The number of carbonyl (C=O) groups excluding carboxylic acids is 1. The lowest BCUT2D eigenvalue weighted by molar-refractivity contribution is -0.121. The van der Waals surface area contributed by atoms with Crippen molar-refractivity contribution in [2.24, 2.45) is 7.05 Å². The second-order valence-corrected chi connectivity index (χ2v) is 7.83. The van der Waals surface area contributed by atoms with E-state index in [1.54, 1.807) is 0 Å². The van der Waals surface area contributed by atoms with Crippen molar-refractivity contribution in [2.75, 3.05) is 0 Å². The summed E-state index contributed by atoms with van der Waals surface area (Å²) in [5, 5.41) is 4.24. The van der Waals surface area contributed by atoms with Gasteiger partial charge in [0.1, 0.15) is 0 Å². The summed E-state index contributed by atoms with van der Waals surface area (Å²) in [6.45, 7) is 7.80. The number of halogens is 1. The Labute approximate surface area is 134 Å². The van der Waals surface area contributed by atoms with E-state index < -0.39 is 0 Å². The molecule has 0 radical (unpaired) electrons. The van der Waals surface area contributed by atoms with Crippen molar-refractivity contribution in [2.45, 2.75) is 43.6 Å². The lowest BCUT2D eigenvalue weighted by atomic mass is 10.1. The van der Waals surface area contributed by atoms with Crippen LogP contribution in [-0.2, 0) is 11.8 Å². The molecule has 0 unspecified atom stereocenters. The molecule has 0 spiro atoms. The first-order valence-corrected chi connectivity index (χ1v) is 8.04. The zero-order valence-corrected chi connectivity index (χ0v) is 14.5. The Hall–Kier alpha value is -1.20. The Balaban J connectivity index is 2.19. The fourth-order valence-corrected chi connectivity index (χ4v) is 3.00.